The molecule has 0 aliphatic heterocycles. The van der Waals surface area contributed by atoms with Crippen molar-refractivity contribution in [1.82, 2.24) is 10.2 Å². The zero-order valence-corrected chi connectivity index (χ0v) is 9.91. The second-order valence-corrected chi connectivity index (χ2v) is 2.99. The molecule has 0 heterocycles. The van der Waals surface area contributed by atoms with Crippen LogP contribution in [0.3, 0.4) is 0 Å². The largest absolute Gasteiger partial charge is 0.459 e. The molecule has 6 heteroatoms. The SMILES string of the molecule is CCNC(=O)CN(CC)C(=O)C(=O)OCC. The number of likely N-dealkylation sites (N-methyl/N-ethyl adjacent to an activating group) is 2. The molecule has 0 bridgehead atoms. The van der Waals surface area contributed by atoms with Gasteiger partial charge in [0.2, 0.25) is 5.91 Å². The van der Waals surface area contributed by atoms with Gasteiger partial charge in [-0.25, -0.2) is 4.79 Å². The van der Waals surface area contributed by atoms with E-state index in [1.807, 2.05) is 0 Å². The lowest BCUT2D eigenvalue weighted by atomic mass is 10.4. The first-order valence-corrected chi connectivity index (χ1v) is 5.29. The molecule has 0 saturated carbocycles. The summed E-state index contributed by atoms with van der Waals surface area (Å²) >= 11 is 0. The van der Waals surface area contributed by atoms with E-state index in [9.17, 15) is 14.4 Å². The molecule has 0 unspecified atom stereocenters. The third kappa shape index (κ3) is 4.77. The fourth-order valence-corrected chi connectivity index (χ4v) is 1.08. The molecule has 0 aliphatic carbocycles. The van der Waals surface area contributed by atoms with Crippen molar-refractivity contribution in [2.75, 3.05) is 26.2 Å². The summed E-state index contributed by atoms with van der Waals surface area (Å²) < 4.78 is 4.57. The zero-order valence-electron chi connectivity index (χ0n) is 9.91. The lowest BCUT2D eigenvalue weighted by Gasteiger charge is -2.18. The Morgan fingerprint density at radius 3 is 2.25 bits per heavy atom. The van der Waals surface area contributed by atoms with Crippen molar-refractivity contribution < 1.29 is 19.1 Å². The Hall–Kier alpha value is -1.59. The predicted octanol–water partition coefficient (Wildman–Crippen LogP) is -0.466. The smallest absolute Gasteiger partial charge is 0.397 e. The standard InChI is InChI=1S/C10H18N2O4/c1-4-11-8(13)7-12(5-2)9(14)10(15)16-6-3/h4-7H2,1-3H3,(H,11,13). The molecule has 92 valence electrons. The number of nitrogens with zero attached hydrogens (tertiary/aromatic N) is 1. The van der Waals surface area contributed by atoms with Crippen LogP contribution in [0.4, 0.5) is 0 Å². The van der Waals surface area contributed by atoms with Crippen LogP contribution in [-0.2, 0) is 19.1 Å². The molecule has 0 fully saturated rings. The monoisotopic (exact) mass is 230 g/mol. The van der Waals surface area contributed by atoms with E-state index >= 15 is 0 Å². The minimum absolute atomic E-state index is 0.123. The van der Waals surface area contributed by atoms with Crippen LogP contribution >= 0.6 is 0 Å². The van der Waals surface area contributed by atoms with Crippen molar-refractivity contribution in [1.29, 1.82) is 0 Å². The van der Waals surface area contributed by atoms with Crippen LogP contribution in [0.5, 0.6) is 0 Å². The summed E-state index contributed by atoms with van der Waals surface area (Å²) in [6.45, 7) is 5.88. The summed E-state index contributed by atoms with van der Waals surface area (Å²) in [6, 6.07) is 0. The highest BCUT2D eigenvalue weighted by atomic mass is 16.5. The fraction of sp³-hybridized carbons (Fsp3) is 0.700. The minimum atomic E-state index is -0.923. The van der Waals surface area contributed by atoms with Crippen LogP contribution in [0.15, 0.2) is 0 Å². The van der Waals surface area contributed by atoms with Gasteiger partial charge in [-0.1, -0.05) is 0 Å². The van der Waals surface area contributed by atoms with Gasteiger partial charge in [-0.2, -0.15) is 0 Å². The van der Waals surface area contributed by atoms with Crippen LogP contribution in [-0.4, -0.2) is 48.9 Å². The van der Waals surface area contributed by atoms with Crippen molar-refractivity contribution >= 4 is 17.8 Å². The molecule has 0 atom stereocenters. The van der Waals surface area contributed by atoms with Crippen LogP contribution in [0.25, 0.3) is 0 Å². The van der Waals surface area contributed by atoms with Gasteiger partial charge in [-0.05, 0) is 20.8 Å². The molecule has 0 aliphatic rings. The Kier molecular flexibility index (Phi) is 6.91. The van der Waals surface area contributed by atoms with Gasteiger partial charge in [0.1, 0.15) is 6.54 Å². The van der Waals surface area contributed by atoms with Gasteiger partial charge in [-0.15, -0.1) is 0 Å². The first-order chi connectivity index (χ1) is 7.56. The Balaban J connectivity index is 4.32. The number of esters is 1. The van der Waals surface area contributed by atoms with Gasteiger partial charge < -0.3 is 15.0 Å². The number of amides is 2. The first kappa shape index (κ1) is 14.4. The molecule has 1 N–H and O–H groups in total. The van der Waals surface area contributed by atoms with Crippen molar-refractivity contribution in [2.24, 2.45) is 0 Å². The zero-order chi connectivity index (χ0) is 12.6. The van der Waals surface area contributed by atoms with Gasteiger partial charge in [-0.3, -0.25) is 9.59 Å². The number of carbonyl (C=O) groups excluding carboxylic acids is 3. The quantitative estimate of drug-likeness (QED) is 0.512. The van der Waals surface area contributed by atoms with E-state index in [1.165, 1.54) is 0 Å². The fourth-order valence-electron chi connectivity index (χ4n) is 1.08. The maximum absolute atomic E-state index is 11.5. The van der Waals surface area contributed by atoms with Crippen molar-refractivity contribution in [2.45, 2.75) is 20.8 Å². The molecule has 0 aromatic rings. The van der Waals surface area contributed by atoms with E-state index in [0.29, 0.717) is 6.54 Å². The van der Waals surface area contributed by atoms with E-state index in [1.54, 1.807) is 20.8 Å². The number of nitrogens with one attached hydrogen (secondary N) is 1. The van der Waals surface area contributed by atoms with Gasteiger partial charge in [0.25, 0.3) is 0 Å². The minimum Gasteiger partial charge on any atom is -0.459 e. The molecular weight excluding hydrogens is 212 g/mol. The Morgan fingerprint density at radius 2 is 1.81 bits per heavy atom. The van der Waals surface area contributed by atoms with Crippen LogP contribution < -0.4 is 5.32 Å². The Labute approximate surface area is 94.9 Å². The summed E-state index contributed by atoms with van der Waals surface area (Å²) in [5.74, 6) is -1.99. The number of carbonyl (C=O) groups is 3. The second kappa shape index (κ2) is 7.67. The van der Waals surface area contributed by atoms with E-state index in [0.717, 1.165) is 4.90 Å². The molecule has 16 heavy (non-hydrogen) atoms. The molecule has 0 aromatic carbocycles. The maximum atomic E-state index is 11.5. The highest BCUT2D eigenvalue weighted by Gasteiger charge is 2.23. The van der Waals surface area contributed by atoms with Crippen LogP contribution in [0, 0.1) is 0 Å². The molecule has 0 rings (SSSR count). The summed E-state index contributed by atoms with van der Waals surface area (Å²) in [4.78, 5) is 35.0. The number of rotatable bonds is 5. The van der Waals surface area contributed by atoms with Crippen molar-refractivity contribution in [3.63, 3.8) is 0 Å². The van der Waals surface area contributed by atoms with E-state index in [4.69, 9.17) is 0 Å². The van der Waals surface area contributed by atoms with Crippen LogP contribution in [0.1, 0.15) is 20.8 Å². The third-order valence-corrected chi connectivity index (χ3v) is 1.83. The molecule has 6 nitrogen and oxygen atoms in total. The number of hydrogen-bond donors (Lipinski definition) is 1. The first-order valence-electron chi connectivity index (χ1n) is 5.29. The Morgan fingerprint density at radius 1 is 1.19 bits per heavy atom. The molecular formula is C10H18N2O4. The van der Waals surface area contributed by atoms with Crippen molar-refractivity contribution in [3.8, 4) is 0 Å². The second-order valence-electron chi connectivity index (χ2n) is 2.99. The predicted molar refractivity (Wildman–Crippen MR) is 57.6 cm³/mol. The van der Waals surface area contributed by atoms with Gasteiger partial charge >= 0.3 is 11.9 Å². The topological polar surface area (TPSA) is 75.7 Å². The summed E-state index contributed by atoms with van der Waals surface area (Å²) in [5.41, 5.74) is 0. The van der Waals surface area contributed by atoms with Crippen LogP contribution in [0.2, 0.25) is 0 Å². The van der Waals surface area contributed by atoms with E-state index in [2.05, 4.69) is 10.1 Å². The molecule has 0 spiro atoms. The average molecular weight is 230 g/mol. The maximum Gasteiger partial charge on any atom is 0.397 e. The van der Waals surface area contributed by atoms with Gasteiger partial charge in [0.15, 0.2) is 0 Å². The normalized spacial score (nSPS) is 9.44. The number of ether oxygens (including phenoxy) is 1. The van der Waals surface area contributed by atoms with E-state index in [-0.39, 0.29) is 25.6 Å². The highest BCUT2D eigenvalue weighted by Crippen LogP contribution is 1.92. The van der Waals surface area contributed by atoms with Gasteiger partial charge in [0.05, 0.1) is 6.61 Å². The third-order valence-electron chi connectivity index (χ3n) is 1.83. The lowest BCUT2D eigenvalue weighted by molar-refractivity contribution is -0.160. The summed E-state index contributed by atoms with van der Waals surface area (Å²) in [7, 11) is 0. The summed E-state index contributed by atoms with van der Waals surface area (Å²) in [5, 5.41) is 2.55. The molecule has 0 saturated heterocycles. The summed E-state index contributed by atoms with van der Waals surface area (Å²) in [6.07, 6.45) is 0. The average Bonchev–Trinajstić information content (AvgIpc) is 2.25. The van der Waals surface area contributed by atoms with E-state index < -0.39 is 11.9 Å². The molecule has 0 radical (unpaired) electrons. The highest BCUT2D eigenvalue weighted by molar-refractivity contribution is 6.32. The lowest BCUT2D eigenvalue weighted by Crippen LogP contribution is -2.44. The van der Waals surface area contributed by atoms with Crippen molar-refractivity contribution in [3.05, 3.63) is 0 Å². The molecule has 0 aromatic heterocycles. The Bertz CT molecular complexity index is 266. The van der Waals surface area contributed by atoms with Gasteiger partial charge in [0, 0.05) is 13.1 Å². The number of hydrogen-bond acceptors (Lipinski definition) is 4. The molecule has 2 amide bonds.